The van der Waals surface area contributed by atoms with Crippen LogP contribution in [-0.4, -0.2) is 18.0 Å². The molecule has 1 aromatic rings. The minimum Gasteiger partial charge on any atom is -0.367 e. The molecule has 1 aliphatic rings. The lowest BCUT2D eigenvalue weighted by atomic mass is 9.74. The van der Waals surface area contributed by atoms with Gasteiger partial charge < -0.3 is 4.74 Å². The quantitative estimate of drug-likeness (QED) is 0.760. The molecule has 2 nitrogen and oxygen atoms in total. The predicted octanol–water partition coefficient (Wildman–Crippen LogP) is 4.16. The minimum atomic E-state index is -0.585. The van der Waals surface area contributed by atoms with Crippen LogP contribution in [0.15, 0.2) is 24.3 Å². The zero-order valence-corrected chi connectivity index (χ0v) is 12.2. The molecule has 0 saturated heterocycles. The average molecular weight is 260 g/mol. The second kappa shape index (κ2) is 5.87. The third-order valence-corrected chi connectivity index (χ3v) is 4.18. The fourth-order valence-corrected chi connectivity index (χ4v) is 3.26. The molecule has 0 heterocycles. The molecule has 19 heavy (non-hydrogen) atoms. The lowest BCUT2D eigenvalue weighted by molar-refractivity contribution is -0.0512. The molecule has 0 amide bonds. The minimum absolute atomic E-state index is 0.180. The topological polar surface area (TPSA) is 26.3 Å². The number of ketones is 1. The van der Waals surface area contributed by atoms with Gasteiger partial charge in [-0.25, -0.2) is 0 Å². The molecule has 2 rings (SSSR count). The van der Waals surface area contributed by atoms with Gasteiger partial charge in [-0.2, -0.15) is 0 Å². The van der Waals surface area contributed by atoms with Crippen LogP contribution < -0.4 is 0 Å². The summed E-state index contributed by atoms with van der Waals surface area (Å²) in [6.07, 6.45) is 4.00. The molecule has 1 fully saturated rings. The number of carbonyl (C=O) groups excluding carboxylic acids is 1. The van der Waals surface area contributed by atoms with Gasteiger partial charge >= 0.3 is 0 Å². The van der Waals surface area contributed by atoms with E-state index in [4.69, 9.17) is 4.74 Å². The standard InChI is InChI=1S/C17H24O2/c1-4-19-17(11-7-8-13(2)12-17)16(18)15-10-6-5-9-14(15)3/h5-6,9-10,13H,4,7-8,11-12H2,1-3H3. The van der Waals surface area contributed by atoms with E-state index in [0.29, 0.717) is 12.5 Å². The number of rotatable bonds is 4. The fourth-order valence-electron chi connectivity index (χ4n) is 3.26. The number of hydrogen-bond donors (Lipinski definition) is 0. The van der Waals surface area contributed by atoms with E-state index in [-0.39, 0.29) is 5.78 Å². The maximum absolute atomic E-state index is 13.0. The first-order valence-electron chi connectivity index (χ1n) is 7.33. The number of carbonyl (C=O) groups is 1. The molecular formula is C17H24O2. The predicted molar refractivity (Wildman–Crippen MR) is 77.5 cm³/mol. The van der Waals surface area contributed by atoms with Gasteiger partial charge in [0.2, 0.25) is 0 Å². The Bertz CT molecular complexity index is 448. The van der Waals surface area contributed by atoms with Gasteiger partial charge in [0.25, 0.3) is 0 Å². The molecule has 104 valence electrons. The van der Waals surface area contributed by atoms with Crippen LogP contribution in [0.5, 0.6) is 0 Å². The molecular weight excluding hydrogens is 236 g/mol. The second-order valence-electron chi connectivity index (χ2n) is 5.77. The van der Waals surface area contributed by atoms with E-state index in [9.17, 15) is 4.79 Å². The fraction of sp³-hybridized carbons (Fsp3) is 0.588. The van der Waals surface area contributed by atoms with Crippen LogP contribution in [-0.2, 0) is 4.74 Å². The van der Waals surface area contributed by atoms with Gasteiger partial charge in [0, 0.05) is 12.2 Å². The zero-order valence-electron chi connectivity index (χ0n) is 12.2. The van der Waals surface area contributed by atoms with Crippen molar-refractivity contribution < 1.29 is 9.53 Å². The Hall–Kier alpha value is -1.15. The van der Waals surface area contributed by atoms with Crippen molar-refractivity contribution in [1.29, 1.82) is 0 Å². The summed E-state index contributed by atoms with van der Waals surface area (Å²) in [4.78, 5) is 13.0. The van der Waals surface area contributed by atoms with Crippen LogP contribution in [0.4, 0.5) is 0 Å². The van der Waals surface area contributed by atoms with Crippen LogP contribution in [0.1, 0.15) is 55.5 Å². The van der Waals surface area contributed by atoms with Gasteiger partial charge in [-0.15, -0.1) is 0 Å². The van der Waals surface area contributed by atoms with Gasteiger partial charge in [0.05, 0.1) is 0 Å². The third-order valence-electron chi connectivity index (χ3n) is 4.18. The zero-order chi connectivity index (χ0) is 13.9. The molecule has 0 aliphatic heterocycles. The van der Waals surface area contributed by atoms with Gasteiger partial charge in [-0.05, 0) is 44.6 Å². The van der Waals surface area contributed by atoms with E-state index < -0.39 is 5.60 Å². The Morgan fingerprint density at radius 2 is 2.16 bits per heavy atom. The first-order valence-corrected chi connectivity index (χ1v) is 7.33. The Balaban J connectivity index is 2.33. The summed E-state index contributed by atoms with van der Waals surface area (Å²) < 4.78 is 5.96. The highest BCUT2D eigenvalue weighted by Crippen LogP contribution is 2.38. The van der Waals surface area contributed by atoms with Crippen molar-refractivity contribution in [2.45, 2.75) is 52.1 Å². The van der Waals surface area contributed by atoms with Crippen LogP contribution in [0.3, 0.4) is 0 Å². The van der Waals surface area contributed by atoms with Crippen molar-refractivity contribution in [2.75, 3.05) is 6.61 Å². The SMILES string of the molecule is CCOC1(C(=O)c2ccccc2C)CCCC(C)C1. The van der Waals surface area contributed by atoms with Gasteiger partial charge in [0.15, 0.2) is 5.78 Å². The van der Waals surface area contributed by atoms with E-state index in [2.05, 4.69) is 6.92 Å². The average Bonchev–Trinajstić information content (AvgIpc) is 2.39. The largest absolute Gasteiger partial charge is 0.367 e. The van der Waals surface area contributed by atoms with E-state index in [0.717, 1.165) is 30.4 Å². The highest BCUT2D eigenvalue weighted by Gasteiger charge is 2.43. The van der Waals surface area contributed by atoms with Gasteiger partial charge in [-0.3, -0.25) is 4.79 Å². The summed E-state index contributed by atoms with van der Waals surface area (Å²) in [5.41, 5.74) is 1.29. The van der Waals surface area contributed by atoms with Crippen LogP contribution in [0, 0.1) is 12.8 Å². The van der Waals surface area contributed by atoms with Crippen molar-refractivity contribution in [3.8, 4) is 0 Å². The van der Waals surface area contributed by atoms with Crippen molar-refractivity contribution in [3.05, 3.63) is 35.4 Å². The van der Waals surface area contributed by atoms with Gasteiger partial charge in [-0.1, -0.05) is 37.6 Å². The molecule has 1 saturated carbocycles. The molecule has 1 aromatic carbocycles. The van der Waals surface area contributed by atoms with Crippen molar-refractivity contribution in [2.24, 2.45) is 5.92 Å². The third kappa shape index (κ3) is 2.89. The molecule has 0 aromatic heterocycles. The summed E-state index contributed by atoms with van der Waals surface area (Å²) in [6, 6.07) is 7.84. The molecule has 1 aliphatic carbocycles. The monoisotopic (exact) mass is 260 g/mol. The first-order chi connectivity index (χ1) is 9.09. The molecule has 0 bridgehead atoms. The number of ether oxygens (including phenoxy) is 1. The summed E-state index contributed by atoms with van der Waals surface area (Å²) in [7, 11) is 0. The maximum atomic E-state index is 13.0. The van der Waals surface area contributed by atoms with E-state index in [1.807, 2.05) is 38.1 Å². The normalized spacial score (nSPS) is 27.2. The number of benzene rings is 1. The van der Waals surface area contributed by atoms with E-state index >= 15 is 0 Å². The summed E-state index contributed by atoms with van der Waals surface area (Å²) in [6.45, 7) is 6.80. The maximum Gasteiger partial charge on any atom is 0.194 e. The van der Waals surface area contributed by atoms with Crippen molar-refractivity contribution in [3.63, 3.8) is 0 Å². The van der Waals surface area contributed by atoms with Gasteiger partial charge in [0.1, 0.15) is 5.60 Å². The molecule has 0 spiro atoms. The number of Topliss-reactive ketones (excluding diaryl/α,β-unsaturated/α-hetero) is 1. The second-order valence-corrected chi connectivity index (χ2v) is 5.77. The van der Waals surface area contributed by atoms with E-state index in [1.54, 1.807) is 0 Å². The molecule has 2 atom stereocenters. The summed E-state index contributed by atoms with van der Waals surface area (Å²) in [5.74, 6) is 0.743. The summed E-state index contributed by atoms with van der Waals surface area (Å²) in [5, 5.41) is 0. The Labute approximate surface area is 116 Å². The lowest BCUT2D eigenvalue weighted by Gasteiger charge is -2.38. The molecule has 0 N–H and O–H groups in total. The smallest absolute Gasteiger partial charge is 0.194 e. The Kier molecular flexibility index (Phi) is 4.41. The number of hydrogen-bond acceptors (Lipinski definition) is 2. The molecule has 2 heteroatoms. The Morgan fingerprint density at radius 3 is 2.79 bits per heavy atom. The highest BCUT2D eigenvalue weighted by atomic mass is 16.5. The first kappa shape index (κ1) is 14.3. The summed E-state index contributed by atoms with van der Waals surface area (Å²) >= 11 is 0. The van der Waals surface area contributed by atoms with Crippen LogP contribution in [0.25, 0.3) is 0 Å². The van der Waals surface area contributed by atoms with Crippen LogP contribution in [0.2, 0.25) is 0 Å². The van der Waals surface area contributed by atoms with Crippen molar-refractivity contribution in [1.82, 2.24) is 0 Å². The molecule has 2 unspecified atom stereocenters. The highest BCUT2D eigenvalue weighted by molar-refractivity contribution is 6.03. The Morgan fingerprint density at radius 1 is 1.42 bits per heavy atom. The van der Waals surface area contributed by atoms with E-state index in [1.165, 1.54) is 6.42 Å². The number of aryl methyl sites for hydroxylation is 1. The van der Waals surface area contributed by atoms with Crippen LogP contribution >= 0.6 is 0 Å². The molecule has 0 radical (unpaired) electrons. The lowest BCUT2D eigenvalue weighted by Crippen LogP contribution is -2.45. The van der Waals surface area contributed by atoms with Crippen molar-refractivity contribution >= 4 is 5.78 Å².